The molecular weight excluding hydrogens is 242 g/mol. The Balaban J connectivity index is 1.60. The first kappa shape index (κ1) is 13.4. The Morgan fingerprint density at radius 2 is 2.05 bits per heavy atom. The minimum atomic E-state index is -0.209. The van der Waals surface area contributed by atoms with Gasteiger partial charge in [0.1, 0.15) is 0 Å². The summed E-state index contributed by atoms with van der Waals surface area (Å²) in [6.45, 7) is 2.15. The normalized spacial score (nSPS) is 14.5. The highest BCUT2D eigenvalue weighted by atomic mass is 16.2. The second kappa shape index (κ2) is 6.78. The van der Waals surface area contributed by atoms with Crippen LogP contribution in [-0.4, -0.2) is 36.5 Å². The molecule has 1 aliphatic heterocycles. The highest BCUT2D eigenvalue weighted by Crippen LogP contribution is 2.09. The maximum atomic E-state index is 11.6. The predicted octanol–water partition coefficient (Wildman–Crippen LogP) is 1.82. The minimum Gasteiger partial charge on any atom is -0.343 e. The van der Waals surface area contributed by atoms with Crippen molar-refractivity contribution in [1.82, 2.24) is 10.2 Å². The zero-order chi connectivity index (χ0) is 13.5. The smallest absolute Gasteiger partial charge is 0.319 e. The van der Waals surface area contributed by atoms with Crippen LogP contribution >= 0.6 is 0 Å². The predicted molar refractivity (Wildman–Crippen MR) is 73.9 cm³/mol. The molecule has 2 rings (SSSR count). The number of hydrogen-bond acceptors (Lipinski definition) is 2. The largest absolute Gasteiger partial charge is 0.343 e. The molecule has 1 aromatic carbocycles. The molecule has 0 unspecified atom stereocenters. The average Bonchev–Trinajstić information content (AvgIpc) is 2.81. The number of likely N-dealkylation sites (tertiary alicyclic amines) is 1. The van der Waals surface area contributed by atoms with Crippen LogP contribution in [0.5, 0.6) is 0 Å². The summed E-state index contributed by atoms with van der Waals surface area (Å²) in [6.07, 6.45) is 2.41. The Hall–Kier alpha value is -2.04. The van der Waals surface area contributed by atoms with Crippen molar-refractivity contribution in [2.75, 3.05) is 25.0 Å². The maximum absolute atomic E-state index is 11.6. The number of carbonyl (C=O) groups is 2. The lowest BCUT2D eigenvalue weighted by Crippen LogP contribution is -2.32. The summed E-state index contributed by atoms with van der Waals surface area (Å²) in [7, 11) is 0. The molecule has 1 aliphatic rings. The van der Waals surface area contributed by atoms with E-state index in [0.29, 0.717) is 13.0 Å². The van der Waals surface area contributed by atoms with Gasteiger partial charge in [-0.05, 0) is 25.0 Å². The van der Waals surface area contributed by atoms with Gasteiger partial charge in [0.2, 0.25) is 5.91 Å². The molecule has 19 heavy (non-hydrogen) atoms. The number of benzene rings is 1. The lowest BCUT2D eigenvalue weighted by molar-refractivity contribution is -0.127. The number of nitrogens with one attached hydrogen (secondary N) is 2. The van der Waals surface area contributed by atoms with E-state index < -0.39 is 0 Å². The number of anilines is 1. The summed E-state index contributed by atoms with van der Waals surface area (Å²) in [5, 5.41) is 5.53. The van der Waals surface area contributed by atoms with Gasteiger partial charge in [-0.25, -0.2) is 4.79 Å². The van der Waals surface area contributed by atoms with Crippen LogP contribution < -0.4 is 10.6 Å². The second-order valence-electron chi connectivity index (χ2n) is 4.58. The van der Waals surface area contributed by atoms with E-state index in [1.807, 2.05) is 35.2 Å². The Kier molecular flexibility index (Phi) is 4.78. The number of urea groups is 1. The van der Waals surface area contributed by atoms with Gasteiger partial charge in [0.25, 0.3) is 0 Å². The average molecular weight is 261 g/mol. The van der Waals surface area contributed by atoms with Crippen LogP contribution in [-0.2, 0) is 4.79 Å². The standard InChI is InChI=1S/C14H19N3O2/c18-13-8-4-10-17(13)11-5-9-15-14(19)16-12-6-2-1-3-7-12/h1-3,6-7H,4-5,8-11H2,(H2,15,16,19). The van der Waals surface area contributed by atoms with Crippen molar-refractivity contribution in [3.63, 3.8) is 0 Å². The first-order valence-corrected chi connectivity index (χ1v) is 6.63. The molecule has 0 aliphatic carbocycles. The maximum Gasteiger partial charge on any atom is 0.319 e. The first-order chi connectivity index (χ1) is 9.25. The van der Waals surface area contributed by atoms with Crippen LogP contribution in [0.1, 0.15) is 19.3 Å². The van der Waals surface area contributed by atoms with Crippen LogP contribution in [0, 0.1) is 0 Å². The molecule has 5 heteroatoms. The molecule has 1 heterocycles. The summed E-state index contributed by atoms with van der Waals surface area (Å²) >= 11 is 0. The van der Waals surface area contributed by atoms with Crippen molar-refractivity contribution in [3.05, 3.63) is 30.3 Å². The third-order valence-electron chi connectivity index (χ3n) is 3.09. The van der Waals surface area contributed by atoms with Gasteiger partial charge in [0.15, 0.2) is 0 Å². The van der Waals surface area contributed by atoms with Crippen LogP contribution in [0.25, 0.3) is 0 Å². The zero-order valence-electron chi connectivity index (χ0n) is 10.9. The molecule has 0 aromatic heterocycles. The van der Waals surface area contributed by atoms with Gasteiger partial charge >= 0.3 is 6.03 Å². The van der Waals surface area contributed by atoms with Crippen molar-refractivity contribution in [1.29, 1.82) is 0 Å². The van der Waals surface area contributed by atoms with E-state index >= 15 is 0 Å². The number of nitrogens with zero attached hydrogens (tertiary/aromatic N) is 1. The lowest BCUT2D eigenvalue weighted by atomic mass is 10.3. The SMILES string of the molecule is O=C(NCCCN1CCCC1=O)Nc1ccccc1. The van der Waals surface area contributed by atoms with E-state index in [-0.39, 0.29) is 11.9 Å². The van der Waals surface area contributed by atoms with Gasteiger partial charge in [-0.1, -0.05) is 18.2 Å². The van der Waals surface area contributed by atoms with E-state index in [9.17, 15) is 9.59 Å². The highest BCUT2D eigenvalue weighted by Gasteiger charge is 2.18. The monoisotopic (exact) mass is 261 g/mol. The van der Waals surface area contributed by atoms with E-state index in [2.05, 4.69) is 10.6 Å². The van der Waals surface area contributed by atoms with Crippen LogP contribution in [0.2, 0.25) is 0 Å². The molecule has 1 fully saturated rings. The molecule has 2 N–H and O–H groups in total. The summed E-state index contributed by atoms with van der Waals surface area (Å²) < 4.78 is 0. The Morgan fingerprint density at radius 3 is 2.74 bits per heavy atom. The van der Waals surface area contributed by atoms with E-state index in [0.717, 1.165) is 31.6 Å². The molecule has 5 nitrogen and oxygen atoms in total. The van der Waals surface area contributed by atoms with Crippen molar-refractivity contribution in [3.8, 4) is 0 Å². The van der Waals surface area contributed by atoms with Gasteiger partial charge in [-0.2, -0.15) is 0 Å². The summed E-state index contributed by atoms with van der Waals surface area (Å²) in [5.41, 5.74) is 0.773. The lowest BCUT2D eigenvalue weighted by Gasteiger charge is -2.15. The van der Waals surface area contributed by atoms with Gasteiger partial charge in [-0.15, -0.1) is 0 Å². The van der Waals surface area contributed by atoms with Crippen LogP contribution in [0.15, 0.2) is 30.3 Å². The van der Waals surface area contributed by atoms with Crippen molar-refractivity contribution in [2.45, 2.75) is 19.3 Å². The van der Waals surface area contributed by atoms with Gasteiger partial charge in [0, 0.05) is 31.7 Å². The summed E-state index contributed by atoms with van der Waals surface area (Å²) in [5.74, 6) is 0.230. The zero-order valence-corrected chi connectivity index (χ0v) is 10.9. The Bertz CT molecular complexity index is 434. The van der Waals surface area contributed by atoms with Crippen molar-refractivity contribution < 1.29 is 9.59 Å². The molecule has 0 atom stereocenters. The van der Waals surface area contributed by atoms with Gasteiger partial charge < -0.3 is 15.5 Å². The fourth-order valence-corrected chi connectivity index (χ4v) is 2.11. The Morgan fingerprint density at radius 1 is 1.26 bits per heavy atom. The highest BCUT2D eigenvalue weighted by molar-refractivity contribution is 5.89. The third kappa shape index (κ3) is 4.28. The summed E-state index contributed by atoms with van der Waals surface area (Å²) in [6, 6.07) is 9.10. The first-order valence-electron chi connectivity index (χ1n) is 6.63. The van der Waals surface area contributed by atoms with E-state index in [1.165, 1.54) is 0 Å². The topological polar surface area (TPSA) is 61.4 Å². The minimum absolute atomic E-state index is 0.209. The van der Waals surface area contributed by atoms with E-state index in [1.54, 1.807) is 0 Å². The molecule has 102 valence electrons. The molecule has 0 radical (unpaired) electrons. The van der Waals surface area contributed by atoms with E-state index in [4.69, 9.17) is 0 Å². The fourth-order valence-electron chi connectivity index (χ4n) is 2.11. The van der Waals surface area contributed by atoms with Crippen molar-refractivity contribution >= 4 is 17.6 Å². The molecule has 3 amide bonds. The third-order valence-corrected chi connectivity index (χ3v) is 3.09. The van der Waals surface area contributed by atoms with Crippen LogP contribution in [0.3, 0.4) is 0 Å². The molecular formula is C14H19N3O2. The number of hydrogen-bond donors (Lipinski definition) is 2. The molecule has 0 saturated carbocycles. The van der Waals surface area contributed by atoms with Crippen molar-refractivity contribution in [2.24, 2.45) is 0 Å². The number of amides is 3. The fraction of sp³-hybridized carbons (Fsp3) is 0.429. The number of para-hydroxylation sites is 1. The van der Waals surface area contributed by atoms with Crippen LogP contribution in [0.4, 0.5) is 10.5 Å². The quantitative estimate of drug-likeness (QED) is 0.794. The summed E-state index contributed by atoms with van der Waals surface area (Å²) in [4.78, 5) is 24.8. The second-order valence-corrected chi connectivity index (χ2v) is 4.58. The molecule has 1 saturated heterocycles. The Labute approximate surface area is 113 Å². The molecule has 1 aromatic rings. The van der Waals surface area contributed by atoms with Gasteiger partial charge in [0.05, 0.1) is 0 Å². The molecule has 0 bridgehead atoms. The number of rotatable bonds is 5. The van der Waals surface area contributed by atoms with Gasteiger partial charge in [-0.3, -0.25) is 4.79 Å². The molecule has 0 spiro atoms. The number of carbonyl (C=O) groups excluding carboxylic acids is 2.